The molecule has 0 aliphatic carbocycles. The van der Waals surface area contributed by atoms with Crippen LogP contribution in [-0.4, -0.2) is 4.57 Å². The second kappa shape index (κ2) is 8.82. The van der Waals surface area contributed by atoms with Crippen molar-refractivity contribution in [3.8, 4) is 0 Å². The zero-order chi connectivity index (χ0) is 20.3. The van der Waals surface area contributed by atoms with Gasteiger partial charge in [-0.2, -0.15) is 0 Å². The average Bonchev–Trinajstić information content (AvgIpc) is 3.22. The van der Waals surface area contributed by atoms with E-state index in [1.54, 1.807) is 0 Å². The lowest BCUT2D eigenvalue weighted by molar-refractivity contribution is 0.520. The van der Waals surface area contributed by atoms with Crippen LogP contribution in [0.4, 0.5) is 0 Å². The molecular weight excluding hydrogens is 338 g/mol. The van der Waals surface area contributed by atoms with Gasteiger partial charge in [0.25, 0.3) is 0 Å². The van der Waals surface area contributed by atoms with Crippen LogP contribution >= 0.6 is 0 Å². The van der Waals surface area contributed by atoms with Gasteiger partial charge in [0.05, 0.1) is 0 Å². The van der Waals surface area contributed by atoms with Crippen molar-refractivity contribution in [1.29, 1.82) is 0 Å². The Bertz CT molecular complexity index is 850. The van der Waals surface area contributed by atoms with Crippen LogP contribution in [0.15, 0.2) is 73.3 Å². The molecular formula is C27H35N. The van der Waals surface area contributed by atoms with E-state index in [0.29, 0.717) is 17.8 Å². The largest absolute Gasteiger partial charge is 0.344 e. The first-order valence-corrected chi connectivity index (χ1v) is 10.6. The third kappa shape index (κ3) is 4.58. The Morgan fingerprint density at radius 3 is 2.36 bits per heavy atom. The molecule has 0 spiro atoms. The van der Waals surface area contributed by atoms with Crippen LogP contribution in [0.5, 0.6) is 0 Å². The van der Waals surface area contributed by atoms with Crippen molar-refractivity contribution in [1.82, 2.24) is 4.57 Å². The first-order valence-electron chi connectivity index (χ1n) is 10.6. The summed E-state index contributed by atoms with van der Waals surface area (Å²) in [6.07, 6.45) is 4.49. The van der Waals surface area contributed by atoms with Crippen LogP contribution in [0, 0.1) is 11.8 Å². The zero-order valence-electron chi connectivity index (χ0n) is 17.9. The lowest BCUT2D eigenvalue weighted by atomic mass is 9.86. The second-order valence-electron chi connectivity index (χ2n) is 9.00. The van der Waals surface area contributed by atoms with Gasteiger partial charge in [-0.3, -0.25) is 0 Å². The molecule has 0 saturated heterocycles. The van der Waals surface area contributed by atoms with Gasteiger partial charge < -0.3 is 4.57 Å². The number of fused-ring (bicyclic) bond motifs is 1. The van der Waals surface area contributed by atoms with Crippen LogP contribution in [-0.2, 0) is 6.54 Å². The van der Waals surface area contributed by atoms with Gasteiger partial charge in [-0.05, 0) is 60.8 Å². The third-order valence-corrected chi connectivity index (χ3v) is 5.88. The standard InChI is InChI=1S/C27H35N/c1-19(2)16-20(3)17-21(4)18-22(5)25-14-15-28-26(12-13-27(25)28)23(6)24-10-8-7-9-11-24/h7-13,19,21,25H,3,5-6,14-18H2,1-2,4H3. The quantitative estimate of drug-likeness (QED) is 0.399. The molecule has 0 amide bonds. The lowest BCUT2D eigenvalue weighted by Gasteiger charge is -2.19. The maximum absolute atomic E-state index is 4.49. The van der Waals surface area contributed by atoms with Crippen LogP contribution in [0.1, 0.15) is 69.3 Å². The Balaban J connectivity index is 1.66. The number of rotatable bonds is 9. The second-order valence-corrected chi connectivity index (χ2v) is 9.00. The average molecular weight is 374 g/mol. The Hall–Kier alpha value is -2.28. The predicted molar refractivity (Wildman–Crippen MR) is 123 cm³/mol. The fourth-order valence-corrected chi connectivity index (χ4v) is 4.72. The maximum Gasteiger partial charge on any atom is 0.0482 e. The van der Waals surface area contributed by atoms with E-state index in [-0.39, 0.29) is 0 Å². The number of aromatic nitrogens is 1. The summed E-state index contributed by atoms with van der Waals surface area (Å²) < 4.78 is 2.45. The van der Waals surface area contributed by atoms with Crippen molar-refractivity contribution in [3.63, 3.8) is 0 Å². The Morgan fingerprint density at radius 1 is 0.964 bits per heavy atom. The molecule has 2 atom stereocenters. The minimum atomic E-state index is 0.470. The van der Waals surface area contributed by atoms with Crippen molar-refractivity contribution < 1.29 is 0 Å². The van der Waals surface area contributed by atoms with Crippen molar-refractivity contribution in [3.05, 3.63) is 90.3 Å². The highest BCUT2D eigenvalue weighted by atomic mass is 15.0. The molecule has 28 heavy (non-hydrogen) atoms. The van der Waals surface area contributed by atoms with Crippen molar-refractivity contribution in [2.75, 3.05) is 0 Å². The van der Waals surface area contributed by atoms with Crippen LogP contribution < -0.4 is 0 Å². The minimum Gasteiger partial charge on any atom is -0.344 e. The van der Waals surface area contributed by atoms with Gasteiger partial charge in [0.15, 0.2) is 0 Å². The summed E-state index contributed by atoms with van der Waals surface area (Å²) in [5.41, 5.74) is 7.71. The summed E-state index contributed by atoms with van der Waals surface area (Å²) in [6.45, 7) is 21.1. The molecule has 1 heteroatoms. The summed E-state index contributed by atoms with van der Waals surface area (Å²) in [4.78, 5) is 0. The van der Waals surface area contributed by atoms with Gasteiger partial charge in [0.1, 0.15) is 0 Å². The van der Waals surface area contributed by atoms with Crippen LogP contribution in [0.2, 0.25) is 0 Å². The van der Waals surface area contributed by atoms with E-state index in [9.17, 15) is 0 Å². The molecule has 1 aromatic carbocycles. The number of allylic oxidation sites excluding steroid dienone is 2. The smallest absolute Gasteiger partial charge is 0.0482 e. The fourth-order valence-electron chi connectivity index (χ4n) is 4.72. The van der Waals surface area contributed by atoms with Crippen molar-refractivity contribution in [2.24, 2.45) is 11.8 Å². The number of nitrogens with zero attached hydrogens (tertiary/aromatic N) is 1. The lowest BCUT2D eigenvalue weighted by Crippen LogP contribution is -2.05. The van der Waals surface area contributed by atoms with Gasteiger partial charge in [0, 0.05) is 23.9 Å². The number of benzene rings is 1. The molecule has 0 N–H and O–H groups in total. The molecule has 2 aromatic rings. The Labute approximate surface area is 171 Å². The summed E-state index contributed by atoms with van der Waals surface area (Å²) in [5.74, 6) is 1.77. The molecule has 1 aliphatic rings. The Kier molecular flexibility index (Phi) is 6.44. The first kappa shape index (κ1) is 20.5. The normalized spacial score (nSPS) is 16.8. The topological polar surface area (TPSA) is 4.93 Å². The molecule has 1 nitrogen and oxygen atoms in total. The van der Waals surface area contributed by atoms with Crippen molar-refractivity contribution in [2.45, 2.75) is 58.9 Å². The van der Waals surface area contributed by atoms with E-state index in [1.165, 1.54) is 28.1 Å². The monoisotopic (exact) mass is 373 g/mol. The molecule has 0 radical (unpaired) electrons. The van der Waals surface area contributed by atoms with Gasteiger partial charge in [-0.15, -0.1) is 0 Å². The van der Waals surface area contributed by atoms with Gasteiger partial charge >= 0.3 is 0 Å². The predicted octanol–water partition coefficient (Wildman–Crippen LogP) is 7.61. The number of hydrogen-bond acceptors (Lipinski definition) is 0. The summed E-state index contributed by atoms with van der Waals surface area (Å²) in [6, 6.07) is 15.0. The van der Waals surface area contributed by atoms with E-state index in [4.69, 9.17) is 0 Å². The van der Waals surface area contributed by atoms with E-state index < -0.39 is 0 Å². The maximum atomic E-state index is 4.49. The molecule has 2 unspecified atom stereocenters. The van der Waals surface area contributed by atoms with Crippen LogP contribution in [0.3, 0.4) is 0 Å². The fraction of sp³-hybridized carbons (Fsp3) is 0.407. The highest BCUT2D eigenvalue weighted by Crippen LogP contribution is 2.40. The summed E-state index contributed by atoms with van der Waals surface area (Å²) >= 11 is 0. The van der Waals surface area contributed by atoms with Crippen LogP contribution in [0.25, 0.3) is 5.57 Å². The molecule has 0 fully saturated rings. The molecule has 148 valence electrons. The van der Waals surface area contributed by atoms with E-state index in [2.05, 4.69) is 87.5 Å². The van der Waals surface area contributed by atoms with E-state index in [0.717, 1.165) is 37.8 Å². The molecule has 3 rings (SSSR count). The van der Waals surface area contributed by atoms with Crippen molar-refractivity contribution >= 4 is 5.57 Å². The summed E-state index contributed by atoms with van der Waals surface area (Å²) in [7, 11) is 0. The zero-order valence-corrected chi connectivity index (χ0v) is 17.9. The Morgan fingerprint density at radius 2 is 1.68 bits per heavy atom. The number of hydrogen-bond donors (Lipinski definition) is 0. The molecule has 1 aliphatic heterocycles. The summed E-state index contributed by atoms with van der Waals surface area (Å²) in [5, 5.41) is 0. The highest BCUT2D eigenvalue weighted by molar-refractivity contribution is 5.77. The van der Waals surface area contributed by atoms with E-state index >= 15 is 0 Å². The van der Waals surface area contributed by atoms with E-state index in [1.807, 2.05) is 0 Å². The highest BCUT2D eigenvalue weighted by Gasteiger charge is 2.28. The van der Waals surface area contributed by atoms with Gasteiger partial charge in [-0.1, -0.05) is 82.0 Å². The third-order valence-electron chi connectivity index (χ3n) is 5.88. The minimum absolute atomic E-state index is 0.470. The SMILES string of the molecule is C=C(CC(C)C)CC(C)CC(=C)C1CCn2c(C(=C)c3ccccc3)ccc21. The molecule has 0 bridgehead atoms. The molecule has 1 aromatic heterocycles. The molecule has 0 saturated carbocycles. The first-order chi connectivity index (χ1) is 13.4. The molecule has 2 heterocycles. The van der Waals surface area contributed by atoms with Gasteiger partial charge in [0.2, 0.25) is 0 Å². The van der Waals surface area contributed by atoms with Gasteiger partial charge in [-0.25, -0.2) is 0 Å².